The molecule has 0 spiro atoms. The van der Waals surface area contributed by atoms with Crippen molar-refractivity contribution in [3.05, 3.63) is 33.9 Å². The molecular weight excluding hydrogens is 452 g/mol. The predicted octanol–water partition coefficient (Wildman–Crippen LogP) is 3.95. The fraction of sp³-hybridized carbons (Fsp3) is 0.500. The highest BCUT2D eigenvalue weighted by Gasteiger charge is 2.44. The Morgan fingerprint density at radius 1 is 1.17 bits per heavy atom. The molecule has 2 aliphatic carbocycles. The smallest absolute Gasteiger partial charge is 0.264 e. The number of thiophene rings is 1. The van der Waals surface area contributed by atoms with Crippen LogP contribution in [0, 0.1) is 11.8 Å². The number of nitrogens with one attached hydrogen (secondary N) is 1. The van der Waals surface area contributed by atoms with Crippen LogP contribution < -0.4 is 5.32 Å². The van der Waals surface area contributed by atoms with Crippen LogP contribution in [0.15, 0.2) is 29.0 Å². The van der Waals surface area contributed by atoms with Gasteiger partial charge in [0.1, 0.15) is 15.9 Å². The lowest BCUT2D eigenvalue weighted by molar-refractivity contribution is 0.0785. The second-order valence-corrected chi connectivity index (χ2v) is 10.3. The Morgan fingerprint density at radius 2 is 2.07 bits per heavy atom. The van der Waals surface area contributed by atoms with Gasteiger partial charge in [-0.05, 0) is 65.7 Å². The van der Waals surface area contributed by atoms with Crippen LogP contribution in [-0.4, -0.2) is 49.9 Å². The van der Waals surface area contributed by atoms with Crippen LogP contribution in [-0.2, 0) is 0 Å². The average Bonchev–Trinajstić information content (AvgIpc) is 3.02. The topological polar surface area (TPSA) is 75.9 Å². The minimum atomic E-state index is 0.155. The van der Waals surface area contributed by atoms with Gasteiger partial charge in [0.25, 0.3) is 5.91 Å². The van der Waals surface area contributed by atoms with Crippen molar-refractivity contribution in [2.45, 2.75) is 37.8 Å². The highest BCUT2D eigenvalue weighted by molar-refractivity contribution is 9.10. The first-order chi connectivity index (χ1) is 14.1. The van der Waals surface area contributed by atoms with Gasteiger partial charge in [0.05, 0.1) is 15.6 Å². The van der Waals surface area contributed by atoms with E-state index in [-0.39, 0.29) is 5.91 Å². The average molecular weight is 473 g/mol. The number of hydrogen-bond acceptors (Lipinski definition) is 6. The Kier molecular flexibility index (Phi) is 4.16. The Hall–Kier alpha value is -2.00. The predicted molar refractivity (Wildman–Crippen MR) is 115 cm³/mol. The van der Waals surface area contributed by atoms with Crippen molar-refractivity contribution in [3.8, 4) is 0 Å². The van der Waals surface area contributed by atoms with Crippen molar-refractivity contribution in [1.29, 1.82) is 0 Å². The van der Waals surface area contributed by atoms with Crippen molar-refractivity contribution < 1.29 is 4.79 Å². The molecule has 3 aromatic heterocycles. The van der Waals surface area contributed by atoms with Crippen LogP contribution in [0.5, 0.6) is 0 Å². The third kappa shape index (κ3) is 3.24. The van der Waals surface area contributed by atoms with Crippen LogP contribution >= 0.6 is 27.3 Å². The first kappa shape index (κ1) is 17.8. The number of carbonyl (C=O) groups is 1. The molecule has 1 aliphatic heterocycles. The zero-order chi connectivity index (χ0) is 19.5. The monoisotopic (exact) mass is 472 g/mol. The highest BCUT2D eigenvalue weighted by Crippen LogP contribution is 2.41. The van der Waals surface area contributed by atoms with Crippen molar-refractivity contribution in [3.63, 3.8) is 0 Å². The molecule has 3 atom stereocenters. The maximum Gasteiger partial charge on any atom is 0.264 e. The molecule has 7 nitrogen and oxygen atoms in total. The summed E-state index contributed by atoms with van der Waals surface area (Å²) in [5.41, 5.74) is 0.956. The minimum Gasteiger partial charge on any atom is -0.365 e. The van der Waals surface area contributed by atoms with E-state index < -0.39 is 0 Å². The number of hydrogen-bond donors (Lipinski definition) is 1. The largest absolute Gasteiger partial charge is 0.365 e. The highest BCUT2D eigenvalue weighted by atomic mass is 79.9. The van der Waals surface area contributed by atoms with Crippen LogP contribution in [0.1, 0.15) is 41.4 Å². The second-order valence-electron chi connectivity index (χ2n) is 8.40. The molecule has 6 rings (SSSR count). The van der Waals surface area contributed by atoms with E-state index in [2.05, 4.69) is 47.4 Å². The molecule has 9 heteroatoms. The molecule has 1 amide bonds. The SMILES string of the molecule is O=C(c1cc2nn(C3CC3)cc2s1)N1C[C@@H]2CC[C@@H](Nc3ccc(Br)nn3)[C@@H]2C1. The van der Waals surface area contributed by atoms with Gasteiger partial charge in [-0.2, -0.15) is 5.10 Å². The quantitative estimate of drug-likeness (QED) is 0.621. The minimum absolute atomic E-state index is 0.155. The first-order valence-corrected chi connectivity index (χ1v) is 11.8. The van der Waals surface area contributed by atoms with Crippen LogP contribution in [0.2, 0.25) is 0 Å². The van der Waals surface area contributed by atoms with Crippen LogP contribution in [0.4, 0.5) is 5.82 Å². The molecule has 0 unspecified atom stereocenters. The van der Waals surface area contributed by atoms with Gasteiger partial charge in [0.15, 0.2) is 0 Å². The Labute approximate surface area is 180 Å². The third-order valence-corrected chi connectivity index (χ3v) is 7.92. The molecule has 29 heavy (non-hydrogen) atoms. The fourth-order valence-corrected chi connectivity index (χ4v) is 6.02. The summed E-state index contributed by atoms with van der Waals surface area (Å²) in [5, 5.41) is 16.5. The summed E-state index contributed by atoms with van der Waals surface area (Å²) < 4.78 is 3.92. The molecule has 4 heterocycles. The van der Waals surface area contributed by atoms with Gasteiger partial charge in [-0.3, -0.25) is 9.48 Å². The van der Waals surface area contributed by atoms with E-state index in [1.807, 2.05) is 23.1 Å². The Morgan fingerprint density at radius 3 is 2.83 bits per heavy atom. The number of aromatic nitrogens is 4. The lowest BCUT2D eigenvalue weighted by atomic mass is 9.98. The summed E-state index contributed by atoms with van der Waals surface area (Å²) in [6, 6.07) is 6.74. The summed E-state index contributed by atoms with van der Waals surface area (Å²) >= 11 is 4.90. The van der Waals surface area contributed by atoms with Crippen molar-refractivity contribution >= 4 is 49.2 Å². The zero-order valence-corrected chi connectivity index (χ0v) is 18.2. The molecule has 2 saturated carbocycles. The summed E-state index contributed by atoms with van der Waals surface area (Å²) in [6.45, 7) is 1.66. The van der Waals surface area contributed by atoms with E-state index in [1.54, 1.807) is 11.3 Å². The molecule has 0 bridgehead atoms. The van der Waals surface area contributed by atoms with Gasteiger partial charge in [-0.25, -0.2) is 0 Å². The number of anilines is 1. The van der Waals surface area contributed by atoms with E-state index in [0.717, 1.165) is 51.4 Å². The fourth-order valence-electron chi connectivity index (χ4n) is 4.82. The van der Waals surface area contributed by atoms with Gasteiger partial charge in [-0.1, -0.05) is 0 Å². The van der Waals surface area contributed by atoms with Gasteiger partial charge in [0.2, 0.25) is 0 Å². The molecule has 3 fully saturated rings. The number of amides is 1. The molecular formula is C20H21BrN6OS. The lowest BCUT2D eigenvalue weighted by Gasteiger charge is -2.21. The van der Waals surface area contributed by atoms with Crippen LogP contribution in [0.25, 0.3) is 10.2 Å². The van der Waals surface area contributed by atoms with E-state index in [1.165, 1.54) is 12.8 Å². The molecule has 1 N–H and O–H groups in total. The Bertz CT molecular complexity index is 1040. The standard InChI is InChI=1S/C20H21BrN6OS/c21-18-5-6-19(24-23-18)22-14-4-1-11-8-26(9-13(11)14)20(28)16-7-15-17(29-16)10-27(25-15)12-2-3-12/h5-7,10-14H,1-4,8-9H2,(H,22,24)/t11-,13+,14+/m0/s1. The van der Waals surface area contributed by atoms with Crippen molar-refractivity contribution in [2.24, 2.45) is 11.8 Å². The van der Waals surface area contributed by atoms with Crippen LogP contribution in [0.3, 0.4) is 0 Å². The maximum absolute atomic E-state index is 13.1. The first-order valence-electron chi connectivity index (χ1n) is 10.2. The number of carbonyl (C=O) groups excluding carboxylic acids is 1. The van der Waals surface area contributed by atoms with Gasteiger partial charge < -0.3 is 10.2 Å². The summed E-state index contributed by atoms with van der Waals surface area (Å²) in [7, 11) is 0. The Balaban J connectivity index is 1.15. The molecule has 0 radical (unpaired) electrons. The third-order valence-electron chi connectivity index (χ3n) is 6.45. The summed E-state index contributed by atoms with van der Waals surface area (Å²) in [4.78, 5) is 16.0. The normalized spacial score (nSPS) is 26.2. The molecule has 3 aliphatic rings. The number of halogens is 1. The zero-order valence-electron chi connectivity index (χ0n) is 15.8. The number of nitrogens with zero attached hydrogens (tertiary/aromatic N) is 5. The van der Waals surface area contributed by atoms with Crippen molar-refractivity contribution in [1.82, 2.24) is 24.9 Å². The lowest BCUT2D eigenvalue weighted by Crippen LogP contribution is -2.33. The van der Waals surface area contributed by atoms with E-state index >= 15 is 0 Å². The summed E-state index contributed by atoms with van der Waals surface area (Å²) in [6.07, 6.45) is 6.81. The number of likely N-dealkylation sites (tertiary alicyclic amines) is 1. The van der Waals surface area contributed by atoms with E-state index in [0.29, 0.717) is 23.9 Å². The van der Waals surface area contributed by atoms with E-state index in [4.69, 9.17) is 0 Å². The number of fused-ring (bicyclic) bond motifs is 2. The van der Waals surface area contributed by atoms with Gasteiger partial charge >= 0.3 is 0 Å². The summed E-state index contributed by atoms with van der Waals surface area (Å²) in [5.74, 6) is 1.99. The molecule has 150 valence electrons. The van der Waals surface area contributed by atoms with E-state index in [9.17, 15) is 4.79 Å². The number of rotatable bonds is 4. The maximum atomic E-state index is 13.1. The molecule has 3 aromatic rings. The van der Waals surface area contributed by atoms with Gasteiger partial charge in [0, 0.05) is 31.2 Å². The molecule has 0 aromatic carbocycles. The second kappa shape index (κ2) is 6.77. The van der Waals surface area contributed by atoms with Gasteiger partial charge in [-0.15, -0.1) is 21.5 Å². The van der Waals surface area contributed by atoms with Crippen molar-refractivity contribution in [2.75, 3.05) is 18.4 Å². The molecule has 1 saturated heterocycles.